The molecule has 140 valence electrons. The van der Waals surface area contributed by atoms with Gasteiger partial charge in [0.05, 0.1) is 4.90 Å². The number of thiophene rings is 1. The van der Waals surface area contributed by atoms with Gasteiger partial charge in [0.15, 0.2) is 5.11 Å². The zero-order valence-electron chi connectivity index (χ0n) is 14.3. The van der Waals surface area contributed by atoms with Gasteiger partial charge in [-0.2, -0.15) is 11.3 Å². The second-order valence-electron chi connectivity index (χ2n) is 6.25. The number of anilines is 1. The summed E-state index contributed by atoms with van der Waals surface area (Å²) in [5.41, 5.74) is 2.11. The Hall–Kier alpha value is -1.52. The van der Waals surface area contributed by atoms with E-state index >= 15 is 0 Å². The highest BCUT2D eigenvalue weighted by atomic mass is 32.2. The Bertz CT molecular complexity index is 835. The highest BCUT2D eigenvalue weighted by molar-refractivity contribution is 7.89. The van der Waals surface area contributed by atoms with E-state index < -0.39 is 10.0 Å². The molecule has 0 spiro atoms. The van der Waals surface area contributed by atoms with Crippen LogP contribution in [-0.2, 0) is 16.6 Å². The van der Waals surface area contributed by atoms with Gasteiger partial charge < -0.3 is 10.2 Å². The fraction of sp³-hybridized carbons (Fsp3) is 0.353. The summed E-state index contributed by atoms with van der Waals surface area (Å²) in [5, 5.41) is 13.3. The molecule has 1 aromatic heterocycles. The molecule has 9 heteroatoms. The van der Waals surface area contributed by atoms with Crippen LogP contribution in [0.25, 0.3) is 0 Å². The average Bonchev–Trinajstić information content (AvgIpc) is 2.98. The number of thiocarbonyl (C=S) groups is 1. The Morgan fingerprint density at radius 3 is 2.58 bits per heavy atom. The molecule has 0 amide bonds. The number of rotatable bonds is 4. The number of nitrogens with one attached hydrogen (secondary N) is 1. The van der Waals surface area contributed by atoms with Crippen LogP contribution in [0.4, 0.5) is 5.69 Å². The van der Waals surface area contributed by atoms with Crippen LogP contribution in [0.15, 0.2) is 46.0 Å². The van der Waals surface area contributed by atoms with Crippen LogP contribution >= 0.6 is 23.6 Å². The highest BCUT2D eigenvalue weighted by Crippen LogP contribution is 2.15. The van der Waals surface area contributed by atoms with E-state index in [0.717, 1.165) is 44.8 Å². The normalized spacial score (nSPS) is 16.3. The topological polar surface area (TPSA) is 78.7 Å². The first-order valence-corrected chi connectivity index (χ1v) is 11.2. The van der Waals surface area contributed by atoms with Gasteiger partial charge in [0.1, 0.15) is 0 Å². The lowest BCUT2D eigenvalue weighted by atomic mass is 10.3. The van der Waals surface area contributed by atoms with Crippen molar-refractivity contribution < 1.29 is 8.42 Å². The smallest absolute Gasteiger partial charge is 0.238 e. The molecule has 2 heterocycles. The molecule has 0 aliphatic carbocycles. The van der Waals surface area contributed by atoms with Gasteiger partial charge in [0.25, 0.3) is 0 Å². The minimum atomic E-state index is -3.68. The lowest BCUT2D eigenvalue weighted by Gasteiger charge is -2.24. The molecule has 3 rings (SSSR count). The maximum absolute atomic E-state index is 11.3. The Labute approximate surface area is 163 Å². The van der Waals surface area contributed by atoms with Crippen LogP contribution in [0.3, 0.4) is 0 Å². The molecule has 1 fully saturated rings. The van der Waals surface area contributed by atoms with E-state index in [2.05, 4.69) is 31.9 Å². The molecule has 0 unspecified atom stereocenters. The van der Waals surface area contributed by atoms with E-state index in [1.165, 1.54) is 17.7 Å². The highest BCUT2D eigenvalue weighted by Gasteiger charge is 2.17. The van der Waals surface area contributed by atoms with E-state index in [9.17, 15) is 8.42 Å². The van der Waals surface area contributed by atoms with Gasteiger partial charge in [-0.3, -0.25) is 4.90 Å². The quantitative estimate of drug-likeness (QED) is 0.753. The van der Waals surface area contributed by atoms with Gasteiger partial charge in [0, 0.05) is 38.4 Å². The van der Waals surface area contributed by atoms with Gasteiger partial charge in [0.2, 0.25) is 10.0 Å². The van der Waals surface area contributed by atoms with Crippen LogP contribution in [0.2, 0.25) is 0 Å². The van der Waals surface area contributed by atoms with Gasteiger partial charge in [-0.15, -0.1) is 0 Å². The van der Waals surface area contributed by atoms with Gasteiger partial charge in [-0.05, 0) is 65.3 Å². The number of nitrogens with zero attached hydrogens (tertiary/aromatic N) is 2. The summed E-state index contributed by atoms with van der Waals surface area (Å²) >= 11 is 7.26. The van der Waals surface area contributed by atoms with Crippen molar-refractivity contribution in [3.05, 3.63) is 46.7 Å². The van der Waals surface area contributed by atoms with Gasteiger partial charge >= 0.3 is 0 Å². The molecule has 26 heavy (non-hydrogen) atoms. The molecule has 1 aliphatic rings. The maximum Gasteiger partial charge on any atom is 0.238 e. The molecule has 0 radical (unpaired) electrons. The molecule has 1 aliphatic heterocycles. The summed E-state index contributed by atoms with van der Waals surface area (Å²) < 4.78 is 22.6. The van der Waals surface area contributed by atoms with Crippen LogP contribution in [0, 0.1) is 0 Å². The summed E-state index contributed by atoms with van der Waals surface area (Å²) in [6.45, 7) is 4.76. The molecular weight excluding hydrogens is 388 g/mol. The zero-order valence-corrected chi connectivity index (χ0v) is 16.7. The molecule has 1 saturated heterocycles. The summed E-state index contributed by atoms with van der Waals surface area (Å²) in [5.74, 6) is 0. The molecular formula is C17H22N4O2S3. The zero-order chi connectivity index (χ0) is 18.6. The third-order valence-electron chi connectivity index (χ3n) is 4.30. The minimum Gasteiger partial charge on any atom is -0.348 e. The average molecular weight is 411 g/mol. The fourth-order valence-electron chi connectivity index (χ4n) is 2.90. The van der Waals surface area contributed by atoms with Gasteiger partial charge in [-0.1, -0.05) is 0 Å². The van der Waals surface area contributed by atoms with E-state index in [1.807, 2.05) is 0 Å². The molecule has 0 bridgehead atoms. The first-order valence-electron chi connectivity index (χ1n) is 8.34. The van der Waals surface area contributed by atoms with Crippen molar-refractivity contribution >= 4 is 44.4 Å². The van der Waals surface area contributed by atoms with Crippen molar-refractivity contribution in [1.29, 1.82) is 0 Å². The Morgan fingerprint density at radius 2 is 1.92 bits per heavy atom. The minimum absolute atomic E-state index is 0.0906. The SMILES string of the molecule is NS(=O)(=O)c1ccc(NC(=S)N2CCCN(Cc3ccsc3)CC2)cc1. The second kappa shape index (κ2) is 8.45. The van der Waals surface area contributed by atoms with Crippen molar-refractivity contribution in [1.82, 2.24) is 9.80 Å². The van der Waals surface area contributed by atoms with Crippen molar-refractivity contribution in [3.8, 4) is 0 Å². The summed E-state index contributed by atoms with van der Waals surface area (Å²) in [4.78, 5) is 4.70. The van der Waals surface area contributed by atoms with Gasteiger partial charge in [-0.25, -0.2) is 13.6 Å². The molecule has 0 saturated carbocycles. The largest absolute Gasteiger partial charge is 0.348 e. The van der Waals surface area contributed by atoms with E-state index in [0.29, 0.717) is 5.11 Å². The second-order valence-corrected chi connectivity index (χ2v) is 8.98. The Balaban J connectivity index is 1.55. The number of hydrogen-bond acceptors (Lipinski definition) is 5. The number of primary sulfonamides is 1. The Morgan fingerprint density at radius 1 is 1.15 bits per heavy atom. The van der Waals surface area contributed by atoms with Crippen molar-refractivity contribution in [2.24, 2.45) is 5.14 Å². The number of nitrogens with two attached hydrogens (primary N) is 1. The van der Waals surface area contributed by atoms with E-state index in [-0.39, 0.29) is 4.90 Å². The molecule has 6 nitrogen and oxygen atoms in total. The van der Waals surface area contributed by atoms with E-state index in [4.69, 9.17) is 17.4 Å². The van der Waals surface area contributed by atoms with Crippen molar-refractivity contribution in [3.63, 3.8) is 0 Å². The molecule has 0 atom stereocenters. The number of sulfonamides is 1. The third-order valence-corrected chi connectivity index (χ3v) is 6.32. The van der Waals surface area contributed by atoms with Crippen LogP contribution in [0.1, 0.15) is 12.0 Å². The lowest BCUT2D eigenvalue weighted by Crippen LogP contribution is -2.37. The fourth-order valence-corrected chi connectivity index (χ4v) is 4.38. The van der Waals surface area contributed by atoms with Crippen LogP contribution in [0.5, 0.6) is 0 Å². The first kappa shape index (κ1) is 19.2. The van der Waals surface area contributed by atoms with Crippen molar-refractivity contribution in [2.75, 3.05) is 31.5 Å². The monoisotopic (exact) mass is 410 g/mol. The molecule has 2 aromatic rings. The summed E-state index contributed by atoms with van der Waals surface area (Å²) in [6.07, 6.45) is 1.05. The first-order chi connectivity index (χ1) is 12.4. The summed E-state index contributed by atoms with van der Waals surface area (Å²) in [6, 6.07) is 8.47. The van der Waals surface area contributed by atoms with Crippen LogP contribution < -0.4 is 10.5 Å². The standard InChI is InChI=1S/C17H22N4O2S3/c18-26(22,23)16-4-2-15(3-5-16)19-17(24)21-8-1-7-20(9-10-21)12-14-6-11-25-13-14/h2-6,11,13H,1,7-10,12H2,(H,19,24)(H2,18,22,23). The summed E-state index contributed by atoms with van der Waals surface area (Å²) in [7, 11) is -3.68. The van der Waals surface area contributed by atoms with Crippen molar-refractivity contribution in [2.45, 2.75) is 17.9 Å². The third kappa shape index (κ3) is 5.24. The predicted octanol–water partition coefficient (Wildman–Crippen LogP) is 2.30. The molecule has 3 N–H and O–H groups in total. The Kier molecular flexibility index (Phi) is 6.25. The van der Waals surface area contributed by atoms with Crippen LogP contribution in [-0.4, -0.2) is 49.5 Å². The van der Waals surface area contributed by atoms with E-state index in [1.54, 1.807) is 23.5 Å². The maximum atomic E-state index is 11.3. The lowest BCUT2D eigenvalue weighted by molar-refractivity contribution is 0.278. The number of benzene rings is 1. The molecule has 1 aromatic carbocycles. The number of hydrogen-bond donors (Lipinski definition) is 2. The predicted molar refractivity (Wildman–Crippen MR) is 110 cm³/mol.